The van der Waals surface area contributed by atoms with E-state index in [1.807, 2.05) is 45.0 Å². The largest absolute Gasteiger partial charge is 0.469 e. The number of H-pyrrole nitrogens is 2. The van der Waals surface area contributed by atoms with Gasteiger partial charge in [-0.15, -0.1) is 0 Å². The van der Waals surface area contributed by atoms with Crippen molar-refractivity contribution in [3.8, 4) is 0 Å². The average molecular weight is 579 g/mol. The first-order valence-electron chi connectivity index (χ1n) is 14.5. The van der Waals surface area contributed by atoms with Crippen LogP contribution in [0.1, 0.15) is 112 Å². The molecule has 2 atom stereocenters. The molecule has 0 fully saturated rings. The number of fused-ring (bicyclic) bond motifs is 8. The molecule has 1 unspecified atom stereocenters. The molecule has 220 valence electrons. The number of cyclic esters (lactones) is 2. The third-order valence-corrected chi connectivity index (χ3v) is 9.11. The van der Waals surface area contributed by atoms with Crippen LogP contribution in [0.15, 0.2) is 24.8 Å². The fourth-order valence-corrected chi connectivity index (χ4v) is 6.58. The molecular weight excluding hydrogens is 544 g/mol. The molecular formula is C34H34N4O5. The SMILES string of the molecule is C=Cc1c(C)c2cc3nc(c4c5[nH]c(cc6nc(cc1[nH]2)C(C)=C6CC)c(C)c5C(=O)OC4=O)[C@@H](CCC(=O)OC)C3C. The predicted octanol–water partition coefficient (Wildman–Crippen LogP) is 7.07. The van der Waals surface area contributed by atoms with E-state index in [-0.39, 0.29) is 29.8 Å². The van der Waals surface area contributed by atoms with E-state index in [0.29, 0.717) is 34.3 Å². The number of methoxy groups -OCH3 is 1. The summed E-state index contributed by atoms with van der Waals surface area (Å²) in [6, 6.07) is 5.96. The van der Waals surface area contributed by atoms with Crippen LogP contribution in [-0.2, 0) is 14.3 Å². The van der Waals surface area contributed by atoms with Gasteiger partial charge in [0.25, 0.3) is 0 Å². The summed E-state index contributed by atoms with van der Waals surface area (Å²) in [5.41, 5.74) is 11.0. The van der Waals surface area contributed by atoms with Crippen molar-refractivity contribution in [3.05, 3.63) is 75.4 Å². The zero-order valence-corrected chi connectivity index (χ0v) is 25.2. The maximum atomic E-state index is 13.5. The number of aromatic nitrogens is 4. The predicted molar refractivity (Wildman–Crippen MR) is 165 cm³/mol. The first kappa shape index (κ1) is 28.3. The molecule has 6 rings (SSSR count). The summed E-state index contributed by atoms with van der Waals surface area (Å²) in [6.07, 6.45) is 3.16. The lowest BCUT2D eigenvalue weighted by molar-refractivity contribution is -0.140. The van der Waals surface area contributed by atoms with E-state index in [1.54, 1.807) is 0 Å². The minimum atomic E-state index is -0.762. The van der Waals surface area contributed by atoms with Gasteiger partial charge in [0.1, 0.15) is 5.56 Å². The quantitative estimate of drug-likeness (QED) is 0.245. The third-order valence-electron chi connectivity index (χ3n) is 9.11. The Kier molecular flexibility index (Phi) is 6.91. The van der Waals surface area contributed by atoms with Crippen LogP contribution in [0.25, 0.3) is 39.3 Å². The highest BCUT2D eigenvalue weighted by molar-refractivity contribution is 6.18. The van der Waals surface area contributed by atoms with E-state index >= 15 is 0 Å². The number of carbonyl (C=O) groups excluding carboxylic acids is 3. The van der Waals surface area contributed by atoms with E-state index in [0.717, 1.165) is 56.8 Å². The summed E-state index contributed by atoms with van der Waals surface area (Å²) in [6.45, 7) is 14.1. The number of allylic oxidation sites excluding steroid dienone is 2. The van der Waals surface area contributed by atoms with Crippen molar-refractivity contribution in [2.24, 2.45) is 0 Å². The summed E-state index contributed by atoms with van der Waals surface area (Å²) in [4.78, 5) is 55.6. The Morgan fingerprint density at radius 2 is 1.70 bits per heavy atom. The van der Waals surface area contributed by atoms with Gasteiger partial charge < -0.3 is 19.4 Å². The van der Waals surface area contributed by atoms with E-state index in [1.165, 1.54) is 7.11 Å². The monoisotopic (exact) mass is 578 g/mol. The Morgan fingerprint density at radius 3 is 2.40 bits per heavy atom. The Labute approximate surface area is 249 Å². The number of aromatic amines is 2. The summed E-state index contributed by atoms with van der Waals surface area (Å²) in [7, 11) is 1.36. The topological polar surface area (TPSA) is 127 Å². The molecule has 2 N–H and O–H groups in total. The van der Waals surface area contributed by atoms with E-state index in [2.05, 4.69) is 30.4 Å². The standard InChI is InChI=1S/C34H34N4O5/c1-8-19-15(3)22-12-24-17(5)21(10-11-28(39)42-7)31(37-24)30-32-29(33(40)43-34(30)41)18(6)25(38-32)14-27-20(9-2)16(4)23(36-27)13-26(19)35-22/h8,12-14,17,21,35,38H,1,9-11H2,2-7H3/t17?,21-/m0/s1. The van der Waals surface area contributed by atoms with Crippen molar-refractivity contribution in [3.63, 3.8) is 0 Å². The van der Waals surface area contributed by atoms with Crippen LogP contribution in [0.5, 0.6) is 0 Å². The van der Waals surface area contributed by atoms with Crippen molar-refractivity contribution in [2.75, 3.05) is 7.11 Å². The molecule has 0 spiro atoms. The molecule has 0 aromatic carbocycles. The summed E-state index contributed by atoms with van der Waals surface area (Å²) >= 11 is 0. The van der Waals surface area contributed by atoms with E-state index in [4.69, 9.17) is 19.4 Å². The first-order valence-corrected chi connectivity index (χ1v) is 14.5. The highest BCUT2D eigenvalue weighted by Gasteiger charge is 2.38. The fraction of sp³-hybridized carbons (Fsp3) is 0.324. The number of aryl methyl sites for hydroxylation is 2. The van der Waals surface area contributed by atoms with Gasteiger partial charge in [0.05, 0.1) is 35.3 Å². The lowest BCUT2D eigenvalue weighted by Crippen LogP contribution is -2.21. The molecule has 3 aromatic rings. The van der Waals surface area contributed by atoms with Gasteiger partial charge >= 0.3 is 17.9 Å². The van der Waals surface area contributed by atoms with Gasteiger partial charge in [-0.25, -0.2) is 14.6 Å². The van der Waals surface area contributed by atoms with Crippen LogP contribution >= 0.6 is 0 Å². The van der Waals surface area contributed by atoms with Gasteiger partial charge in [0.2, 0.25) is 0 Å². The second-order valence-corrected chi connectivity index (χ2v) is 11.4. The first-order chi connectivity index (χ1) is 20.6. The Morgan fingerprint density at radius 1 is 1.00 bits per heavy atom. The van der Waals surface area contributed by atoms with Crippen molar-refractivity contribution < 1.29 is 23.9 Å². The molecule has 0 saturated carbocycles. The molecule has 9 nitrogen and oxygen atoms in total. The normalized spacial score (nSPS) is 17.7. The molecule has 9 heteroatoms. The van der Waals surface area contributed by atoms with Crippen molar-refractivity contribution >= 4 is 57.2 Å². The summed E-state index contributed by atoms with van der Waals surface area (Å²) in [5, 5.41) is 0. The Hall–Kier alpha value is -4.79. The van der Waals surface area contributed by atoms with Crippen LogP contribution < -0.4 is 0 Å². The second-order valence-electron chi connectivity index (χ2n) is 11.4. The van der Waals surface area contributed by atoms with E-state index < -0.39 is 11.9 Å². The Balaban J connectivity index is 1.79. The van der Waals surface area contributed by atoms with Crippen LogP contribution in [0.4, 0.5) is 0 Å². The van der Waals surface area contributed by atoms with Gasteiger partial charge in [-0.05, 0) is 74.1 Å². The maximum Gasteiger partial charge on any atom is 0.350 e. The van der Waals surface area contributed by atoms with Gasteiger partial charge in [-0.3, -0.25) is 9.78 Å². The maximum absolute atomic E-state index is 13.5. The van der Waals surface area contributed by atoms with Gasteiger partial charge in [-0.1, -0.05) is 26.5 Å². The number of rotatable bonds is 5. The number of nitrogens with zero attached hydrogens (tertiary/aromatic N) is 2. The van der Waals surface area contributed by atoms with Crippen molar-refractivity contribution in [1.82, 2.24) is 19.9 Å². The molecule has 3 aliphatic rings. The van der Waals surface area contributed by atoms with E-state index in [9.17, 15) is 14.4 Å². The molecule has 3 aromatic heterocycles. The zero-order chi connectivity index (χ0) is 30.7. The fourth-order valence-electron chi connectivity index (χ4n) is 6.58. The number of ether oxygens (including phenoxy) is 2. The van der Waals surface area contributed by atoms with Crippen LogP contribution in [0.2, 0.25) is 0 Å². The molecule has 0 saturated heterocycles. The smallest absolute Gasteiger partial charge is 0.350 e. The van der Waals surface area contributed by atoms with Gasteiger partial charge in [0.15, 0.2) is 0 Å². The van der Waals surface area contributed by atoms with Gasteiger partial charge in [0, 0.05) is 46.1 Å². The highest BCUT2D eigenvalue weighted by Crippen LogP contribution is 2.44. The minimum absolute atomic E-state index is 0.144. The molecule has 6 heterocycles. The second kappa shape index (κ2) is 10.5. The molecule has 0 amide bonds. The van der Waals surface area contributed by atoms with Gasteiger partial charge in [-0.2, -0.15) is 0 Å². The highest BCUT2D eigenvalue weighted by atomic mass is 16.6. The number of nitrogens with one attached hydrogen (secondary N) is 2. The number of esters is 3. The summed E-state index contributed by atoms with van der Waals surface area (Å²) < 4.78 is 10.2. The third kappa shape index (κ3) is 4.42. The molecule has 3 aliphatic heterocycles. The van der Waals surface area contributed by atoms with Crippen LogP contribution in [-0.4, -0.2) is 45.0 Å². The van der Waals surface area contributed by atoms with Crippen molar-refractivity contribution in [1.29, 1.82) is 0 Å². The van der Waals surface area contributed by atoms with Crippen LogP contribution in [0.3, 0.4) is 0 Å². The Bertz CT molecular complexity index is 1960. The van der Waals surface area contributed by atoms with Crippen LogP contribution in [0, 0.1) is 13.8 Å². The minimum Gasteiger partial charge on any atom is -0.469 e. The number of carbonyl (C=O) groups is 3. The average Bonchev–Trinajstić information content (AvgIpc) is 3.65. The van der Waals surface area contributed by atoms with Crippen molar-refractivity contribution in [2.45, 2.75) is 65.7 Å². The zero-order valence-electron chi connectivity index (χ0n) is 25.2. The molecule has 0 aliphatic carbocycles. The summed E-state index contributed by atoms with van der Waals surface area (Å²) in [5.74, 6) is -2.25. The number of hydrogen-bond acceptors (Lipinski definition) is 7. The molecule has 0 radical (unpaired) electrons. The molecule has 43 heavy (non-hydrogen) atoms. The number of hydrogen-bond donors (Lipinski definition) is 2. The lowest BCUT2D eigenvalue weighted by Gasteiger charge is -2.18. The molecule has 8 bridgehead atoms. The lowest BCUT2D eigenvalue weighted by atomic mass is 9.85.